The van der Waals surface area contributed by atoms with E-state index in [1.54, 1.807) is 21.8 Å². The number of piperazine rings is 1. The molecule has 214 valence electrons. The molecule has 0 aromatic carbocycles. The summed E-state index contributed by atoms with van der Waals surface area (Å²) in [7, 11) is 0. The van der Waals surface area contributed by atoms with Gasteiger partial charge in [-0.1, -0.05) is 0 Å². The molecule has 2 aromatic heterocycles. The van der Waals surface area contributed by atoms with Gasteiger partial charge >= 0.3 is 12.4 Å². The molecule has 0 saturated carbocycles. The molecule has 1 fully saturated rings. The lowest BCUT2D eigenvalue weighted by atomic mass is 9.93. The van der Waals surface area contributed by atoms with Gasteiger partial charge in [0.2, 0.25) is 5.91 Å². The first kappa shape index (κ1) is 28.6. The van der Waals surface area contributed by atoms with Crippen molar-refractivity contribution in [1.82, 2.24) is 20.1 Å². The third kappa shape index (κ3) is 6.43. The van der Waals surface area contributed by atoms with Crippen LogP contribution in [0.15, 0.2) is 23.3 Å². The van der Waals surface area contributed by atoms with Crippen molar-refractivity contribution in [2.75, 3.05) is 43.1 Å². The minimum Gasteiger partial charge on any atom is -0.388 e. The number of aliphatic hydroxyl groups is 1. The average Bonchev–Trinajstić information content (AvgIpc) is 2.84. The van der Waals surface area contributed by atoms with Gasteiger partial charge < -0.3 is 25.0 Å². The molecule has 4 heterocycles. The Bertz CT molecular complexity index is 1250. The number of aliphatic hydroxyl groups excluding tert-OH is 1. The van der Waals surface area contributed by atoms with E-state index in [-0.39, 0.29) is 55.9 Å². The Kier molecular flexibility index (Phi) is 8.07. The Hall–Kier alpha value is -3.40. The Balaban J connectivity index is 1.27. The molecule has 0 bridgehead atoms. The number of alkyl halides is 6. The number of amides is 1. The van der Waals surface area contributed by atoms with Crippen molar-refractivity contribution < 1.29 is 41.0 Å². The SMILES string of the molecule is CC(COCCC(=O)N1CCN2c3ncc(C(F)(F)F)cc3C(O)CC2C1)Nc1cn[nH]c(=O)c1C(F)(F)F. The van der Waals surface area contributed by atoms with Gasteiger partial charge in [0, 0.05) is 37.4 Å². The van der Waals surface area contributed by atoms with Crippen molar-refractivity contribution in [3.63, 3.8) is 0 Å². The number of nitrogens with one attached hydrogen (secondary N) is 2. The molecule has 0 radical (unpaired) electrons. The van der Waals surface area contributed by atoms with Crippen molar-refractivity contribution >= 4 is 17.4 Å². The first-order valence-electron chi connectivity index (χ1n) is 12.0. The predicted octanol–water partition coefficient (Wildman–Crippen LogP) is 2.56. The number of carbonyl (C=O) groups excluding carboxylic acids is 1. The second-order valence-electron chi connectivity index (χ2n) is 9.43. The molecule has 10 nitrogen and oxygen atoms in total. The minimum atomic E-state index is -4.88. The van der Waals surface area contributed by atoms with Gasteiger partial charge in [0.25, 0.3) is 5.56 Å². The third-order valence-corrected chi connectivity index (χ3v) is 6.55. The number of halogens is 6. The summed E-state index contributed by atoms with van der Waals surface area (Å²) in [5.74, 6) is 0.0297. The summed E-state index contributed by atoms with van der Waals surface area (Å²) in [6, 6.07) is -0.0583. The number of anilines is 2. The standard InChI is InChI=1S/C23H26F6N6O4/c1-12(32-16-9-31-33-21(38)19(16)23(27,28)29)11-39-5-2-18(37)34-3-4-35-14(10-34)7-17(36)15-6-13(22(24,25)26)8-30-20(15)35/h6,8-9,12,14,17,36H,2-5,7,10-11H2,1H3,(H2,32,33,38). The van der Waals surface area contributed by atoms with Gasteiger partial charge in [-0.2, -0.15) is 31.4 Å². The van der Waals surface area contributed by atoms with Gasteiger partial charge in [0.05, 0.1) is 49.2 Å². The summed E-state index contributed by atoms with van der Waals surface area (Å²) in [5.41, 5.74) is -4.09. The summed E-state index contributed by atoms with van der Waals surface area (Å²) < 4.78 is 84.1. The molecule has 2 aliphatic heterocycles. The van der Waals surface area contributed by atoms with E-state index in [4.69, 9.17) is 4.74 Å². The first-order chi connectivity index (χ1) is 18.3. The van der Waals surface area contributed by atoms with Crippen LogP contribution in [0.2, 0.25) is 0 Å². The van der Waals surface area contributed by atoms with Gasteiger partial charge in [0.1, 0.15) is 11.4 Å². The number of pyridine rings is 1. The number of hydrogen-bond donors (Lipinski definition) is 3. The van der Waals surface area contributed by atoms with Crippen LogP contribution >= 0.6 is 0 Å². The topological polar surface area (TPSA) is 124 Å². The van der Waals surface area contributed by atoms with Crippen LogP contribution in [0.5, 0.6) is 0 Å². The predicted molar refractivity (Wildman–Crippen MR) is 125 cm³/mol. The van der Waals surface area contributed by atoms with E-state index in [9.17, 15) is 41.0 Å². The minimum absolute atomic E-state index is 0.00780. The summed E-state index contributed by atoms with van der Waals surface area (Å²) in [4.78, 5) is 31.6. The lowest BCUT2D eigenvalue weighted by Gasteiger charge is -2.46. The lowest BCUT2D eigenvalue weighted by Crippen LogP contribution is -2.57. The van der Waals surface area contributed by atoms with E-state index in [1.165, 1.54) is 0 Å². The first-order valence-corrected chi connectivity index (χ1v) is 12.0. The zero-order valence-electron chi connectivity index (χ0n) is 20.6. The monoisotopic (exact) mass is 564 g/mol. The van der Waals surface area contributed by atoms with E-state index in [0.717, 1.165) is 18.5 Å². The Labute approximate surface area is 218 Å². The third-order valence-electron chi connectivity index (χ3n) is 6.55. The van der Waals surface area contributed by atoms with Crippen LogP contribution in [0.3, 0.4) is 0 Å². The molecule has 2 aromatic rings. The molecule has 0 aliphatic carbocycles. The van der Waals surface area contributed by atoms with E-state index in [0.29, 0.717) is 13.1 Å². The number of H-pyrrole nitrogens is 1. The molecule has 4 rings (SSSR count). The van der Waals surface area contributed by atoms with E-state index in [2.05, 4.69) is 15.4 Å². The van der Waals surface area contributed by atoms with Gasteiger partial charge in [-0.05, 0) is 19.4 Å². The number of fused-ring (bicyclic) bond motifs is 3. The van der Waals surface area contributed by atoms with Crippen molar-refractivity contribution in [2.24, 2.45) is 0 Å². The number of aromatic nitrogens is 3. The van der Waals surface area contributed by atoms with Gasteiger partial charge in [0.15, 0.2) is 0 Å². The average molecular weight is 564 g/mol. The Morgan fingerprint density at radius 3 is 2.67 bits per heavy atom. The number of aromatic amines is 1. The zero-order valence-corrected chi connectivity index (χ0v) is 20.6. The maximum atomic E-state index is 13.2. The molecule has 16 heteroatoms. The van der Waals surface area contributed by atoms with Crippen molar-refractivity contribution in [3.05, 3.63) is 45.5 Å². The fourth-order valence-electron chi connectivity index (χ4n) is 4.74. The van der Waals surface area contributed by atoms with Gasteiger partial charge in [-0.3, -0.25) is 9.59 Å². The van der Waals surface area contributed by atoms with Gasteiger partial charge in [-0.25, -0.2) is 10.1 Å². The molecule has 3 N–H and O–H groups in total. The van der Waals surface area contributed by atoms with E-state index >= 15 is 0 Å². The van der Waals surface area contributed by atoms with E-state index < -0.39 is 46.9 Å². The molecule has 3 unspecified atom stereocenters. The fraction of sp³-hybridized carbons (Fsp3) is 0.565. The largest absolute Gasteiger partial charge is 0.423 e. The van der Waals surface area contributed by atoms with Crippen molar-refractivity contribution in [1.29, 1.82) is 0 Å². The fourth-order valence-corrected chi connectivity index (χ4v) is 4.74. The number of hydrogen-bond acceptors (Lipinski definition) is 8. The van der Waals surface area contributed by atoms with Crippen LogP contribution in [0, 0.1) is 0 Å². The van der Waals surface area contributed by atoms with Crippen molar-refractivity contribution in [2.45, 2.75) is 50.3 Å². The van der Waals surface area contributed by atoms with Crippen LogP contribution in [0.4, 0.5) is 37.8 Å². The summed E-state index contributed by atoms with van der Waals surface area (Å²) in [6.07, 6.45) is -8.90. The number of rotatable bonds is 7. The summed E-state index contributed by atoms with van der Waals surface area (Å²) in [5, 5.41) is 18.1. The zero-order chi connectivity index (χ0) is 28.5. The highest BCUT2D eigenvalue weighted by atomic mass is 19.4. The second-order valence-corrected chi connectivity index (χ2v) is 9.43. The van der Waals surface area contributed by atoms with Gasteiger partial charge in [-0.15, -0.1) is 0 Å². The smallest absolute Gasteiger partial charge is 0.388 e. The number of carbonyl (C=O) groups is 1. The normalized spacial score (nSPS) is 20.3. The molecule has 1 saturated heterocycles. The van der Waals surface area contributed by atoms with Crippen LogP contribution in [0.25, 0.3) is 0 Å². The molecule has 1 amide bonds. The number of ether oxygens (including phenoxy) is 1. The number of nitrogens with zero attached hydrogens (tertiary/aromatic N) is 4. The molecule has 39 heavy (non-hydrogen) atoms. The van der Waals surface area contributed by atoms with Crippen LogP contribution in [-0.2, 0) is 21.9 Å². The highest BCUT2D eigenvalue weighted by molar-refractivity contribution is 5.76. The molecule has 2 aliphatic rings. The van der Waals surface area contributed by atoms with E-state index in [1.807, 2.05) is 0 Å². The second kappa shape index (κ2) is 11.0. The molecular formula is C23H26F6N6O4. The maximum Gasteiger partial charge on any atom is 0.423 e. The Morgan fingerprint density at radius 1 is 1.23 bits per heavy atom. The van der Waals surface area contributed by atoms with Crippen LogP contribution in [-0.4, -0.2) is 76.0 Å². The lowest BCUT2D eigenvalue weighted by molar-refractivity contribution is -0.138. The Morgan fingerprint density at radius 2 is 1.97 bits per heavy atom. The van der Waals surface area contributed by atoms with Crippen LogP contribution in [0.1, 0.15) is 42.6 Å². The maximum absolute atomic E-state index is 13.2. The molecule has 0 spiro atoms. The highest BCUT2D eigenvalue weighted by Crippen LogP contribution is 2.40. The summed E-state index contributed by atoms with van der Waals surface area (Å²) >= 11 is 0. The highest BCUT2D eigenvalue weighted by Gasteiger charge is 2.40. The summed E-state index contributed by atoms with van der Waals surface area (Å²) in [6.45, 7) is 2.33. The van der Waals surface area contributed by atoms with Crippen molar-refractivity contribution in [3.8, 4) is 0 Å². The molecule has 3 atom stereocenters. The quantitative estimate of drug-likeness (QED) is 0.347. The van der Waals surface area contributed by atoms with Crippen LogP contribution < -0.4 is 15.8 Å². The molecular weight excluding hydrogens is 538 g/mol.